The molecule has 0 saturated heterocycles. The number of nitrogens with zero attached hydrogens (tertiary/aromatic N) is 1. The van der Waals surface area contributed by atoms with Crippen LogP contribution >= 0.6 is 22.7 Å². The van der Waals surface area contributed by atoms with E-state index in [1.54, 1.807) is 6.92 Å². The van der Waals surface area contributed by atoms with Gasteiger partial charge in [-0.1, -0.05) is 30.3 Å². The average Bonchev–Trinajstić information content (AvgIpc) is 3.26. The molecule has 156 valence electrons. The van der Waals surface area contributed by atoms with Gasteiger partial charge in [0.15, 0.2) is 11.2 Å². The second-order valence-corrected chi connectivity index (χ2v) is 8.69. The van der Waals surface area contributed by atoms with Crippen molar-refractivity contribution < 1.29 is 19.1 Å². The summed E-state index contributed by atoms with van der Waals surface area (Å²) in [6.45, 7) is 6.49. The number of benzene rings is 1. The number of ether oxygens (including phenoxy) is 1. The third-order valence-electron chi connectivity index (χ3n) is 4.34. The lowest BCUT2D eigenvalue weighted by Gasteiger charge is -2.13. The molecular formula is C21H21N3O4S2. The van der Waals surface area contributed by atoms with Crippen LogP contribution in [0.1, 0.15) is 34.6 Å². The van der Waals surface area contributed by atoms with Gasteiger partial charge in [-0.2, -0.15) is 0 Å². The Balaban J connectivity index is 1.67. The van der Waals surface area contributed by atoms with E-state index in [2.05, 4.69) is 15.6 Å². The molecule has 0 aliphatic heterocycles. The number of amides is 2. The molecule has 0 spiro atoms. The van der Waals surface area contributed by atoms with Gasteiger partial charge < -0.3 is 10.1 Å². The number of thiazole rings is 1. The standard InChI is InChI=1S/C21H21N3O4S2/c1-11-13(3)30-19(22-14(4)25)17(11)20(27)28-12(2)18(26)24-21-23-16(10-29-21)15-8-6-5-7-9-15/h5-10,12H,1-4H3,(H,22,25)(H,23,24,26). The van der Waals surface area contributed by atoms with Gasteiger partial charge in [-0.15, -0.1) is 22.7 Å². The van der Waals surface area contributed by atoms with Crippen LogP contribution in [-0.4, -0.2) is 28.9 Å². The van der Waals surface area contributed by atoms with Gasteiger partial charge in [0, 0.05) is 22.7 Å². The summed E-state index contributed by atoms with van der Waals surface area (Å²) in [4.78, 5) is 41.9. The van der Waals surface area contributed by atoms with Crippen molar-refractivity contribution in [2.45, 2.75) is 33.8 Å². The number of aryl methyl sites for hydroxylation is 1. The molecule has 7 nitrogen and oxygen atoms in total. The van der Waals surface area contributed by atoms with E-state index in [4.69, 9.17) is 4.74 Å². The normalized spacial score (nSPS) is 11.6. The van der Waals surface area contributed by atoms with E-state index in [0.717, 1.165) is 16.1 Å². The summed E-state index contributed by atoms with van der Waals surface area (Å²) in [6.07, 6.45) is -1.04. The topological polar surface area (TPSA) is 97.4 Å². The number of hydrogen-bond donors (Lipinski definition) is 2. The molecule has 1 atom stereocenters. The minimum Gasteiger partial charge on any atom is -0.449 e. The van der Waals surface area contributed by atoms with Gasteiger partial charge in [-0.3, -0.25) is 14.9 Å². The zero-order chi connectivity index (χ0) is 21.8. The van der Waals surface area contributed by atoms with E-state index < -0.39 is 18.0 Å². The number of aromatic nitrogens is 1. The highest BCUT2D eigenvalue weighted by molar-refractivity contribution is 7.16. The number of nitrogens with one attached hydrogen (secondary N) is 2. The third kappa shape index (κ3) is 4.92. The number of esters is 1. The number of anilines is 2. The van der Waals surface area contributed by atoms with Crippen molar-refractivity contribution in [1.29, 1.82) is 0 Å². The Kier molecular flexibility index (Phi) is 6.63. The summed E-state index contributed by atoms with van der Waals surface area (Å²) < 4.78 is 5.36. The van der Waals surface area contributed by atoms with Crippen LogP contribution in [0.25, 0.3) is 11.3 Å². The van der Waals surface area contributed by atoms with E-state index in [9.17, 15) is 14.4 Å². The van der Waals surface area contributed by atoms with Crippen LogP contribution in [0, 0.1) is 13.8 Å². The van der Waals surface area contributed by atoms with Gasteiger partial charge in [-0.05, 0) is 26.3 Å². The zero-order valence-corrected chi connectivity index (χ0v) is 18.6. The molecule has 0 radical (unpaired) electrons. The van der Waals surface area contributed by atoms with Crippen LogP contribution in [0.15, 0.2) is 35.7 Å². The summed E-state index contributed by atoms with van der Waals surface area (Å²) in [5.74, 6) is -1.43. The Labute approximate surface area is 182 Å². The van der Waals surface area contributed by atoms with Crippen molar-refractivity contribution in [3.05, 3.63) is 51.7 Å². The molecule has 0 bridgehead atoms. The summed E-state index contributed by atoms with van der Waals surface area (Å²) in [5.41, 5.74) is 2.69. The van der Waals surface area contributed by atoms with Crippen LogP contribution in [0.3, 0.4) is 0 Å². The summed E-state index contributed by atoms with van der Waals surface area (Å²) in [7, 11) is 0. The number of hydrogen-bond acceptors (Lipinski definition) is 7. The van der Waals surface area contributed by atoms with Crippen molar-refractivity contribution in [2.75, 3.05) is 10.6 Å². The average molecular weight is 444 g/mol. The smallest absolute Gasteiger partial charge is 0.342 e. The molecule has 0 aliphatic carbocycles. The molecule has 30 heavy (non-hydrogen) atoms. The van der Waals surface area contributed by atoms with Crippen molar-refractivity contribution in [2.24, 2.45) is 0 Å². The van der Waals surface area contributed by atoms with Crippen molar-refractivity contribution in [3.63, 3.8) is 0 Å². The minimum atomic E-state index is -1.04. The number of rotatable bonds is 6. The fourth-order valence-electron chi connectivity index (χ4n) is 2.67. The molecule has 1 unspecified atom stereocenters. The van der Waals surface area contributed by atoms with E-state index in [1.165, 1.54) is 36.5 Å². The second-order valence-electron chi connectivity index (χ2n) is 6.61. The molecule has 2 aromatic heterocycles. The van der Waals surface area contributed by atoms with E-state index >= 15 is 0 Å². The first kappa shape index (κ1) is 21.7. The molecule has 0 fully saturated rings. The predicted octanol–water partition coefficient (Wildman–Crippen LogP) is 4.63. The molecule has 3 aromatic rings. The van der Waals surface area contributed by atoms with Crippen LogP contribution in [0.4, 0.5) is 10.1 Å². The van der Waals surface area contributed by atoms with Crippen molar-refractivity contribution >= 4 is 50.6 Å². The monoisotopic (exact) mass is 443 g/mol. The van der Waals surface area contributed by atoms with E-state index in [1.807, 2.05) is 42.6 Å². The molecule has 0 saturated carbocycles. The molecular weight excluding hydrogens is 422 g/mol. The highest BCUT2D eigenvalue weighted by Crippen LogP contribution is 2.33. The predicted molar refractivity (Wildman–Crippen MR) is 119 cm³/mol. The lowest BCUT2D eigenvalue weighted by atomic mass is 10.1. The van der Waals surface area contributed by atoms with Crippen LogP contribution in [0.2, 0.25) is 0 Å². The lowest BCUT2D eigenvalue weighted by Crippen LogP contribution is -2.30. The van der Waals surface area contributed by atoms with Crippen LogP contribution in [0.5, 0.6) is 0 Å². The largest absolute Gasteiger partial charge is 0.449 e. The molecule has 2 heterocycles. The minimum absolute atomic E-state index is 0.271. The fourth-order valence-corrected chi connectivity index (χ4v) is 4.49. The zero-order valence-electron chi connectivity index (χ0n) is 16.9. The fraction of sp³-hybridized carbons (Fsp3) is 0.238. The first-order valence-corrected chi connectivity index (χ1v) is 10.9. The Morgan fingerprint density at radius 2 is 1.80 bits per heavy atom. The Morgan fingerprint density at radius 1 is 1.10 bits per heavy atom. The van der Waals surface area contributed by atoms with Gasteiger partial charge >= 0.3 is 5.97 Å². The Morgan fingerprint density at radius 3 is 2.47 bits per heavy atom. The maximum Gasteiger partial charge on any atom is 0.342 e. The molecule has 3 rings (SSSR count). The highest BCUT2D eigenvalue weighted by Gasteiger charge is 2.26. The van der Waals surface area contributed by atoms with Gasteiger partial charge in [-0.25, -0.2) is 9.78 Å². The molecule has 0 aliphatic rings. The summed E-state index contributed by atoms with van der Waals surface area (Å²) in [6, 6.07) is 9.62. The van der Waals surface area contributed by atoms with Crippen molar-refractivity contribution in [1.82, 2.24) is 4.98 Å². The van der Waals surface area contributed by atoms with Gasteiger partial charge in [0.05, 0.1) is 11.3 Å². The van der Waals surface area contributed by atoms with E-state index in [-0.39, 0.29) is 11.5 Å². The molecule has 1 aromatic carbocycles. The van der Waals surface area contributed by atoms with Gasteiger partial charge in [0.2, 0.25) is 5.91 Å². The quantitative estimate of drug-likeness (QED) is 0.541. The Hall–Kier alpha value is -3.04. The van der Waals surface area contributed by atoms with Crippen molar-refractivity contribution in [3.8, 4) is 11.3 Å². The van der Waals surface area contributed by atoms with Gasteiger partial charge in [0.25, 0.3) is 5.91 Å². The first-order valence-electron chi connectivity index (χ1n) is 9.16. The van der Waals surface area contributed by atoms with Crippen LogP contribution < -0.4 is 10.6 Å². The summed E-state index contributed by atoms with van der Waals surface area (Å²) >= 11 is 2.59. The summed E-state index contributed by atoms with van der Waals surface area (Å²) in [5, 5.41) is 8.01. The first-order chi connectivity index (χ1) is 14.3. The Bertz CT molecular complexity index is 1090. The highest BCUT2D eigenvalue weighted by atomic mass is 32.1. The number of carbonyl (C=O) groups excluding carboxylic acids is 3. The molecule has 2 N–H and O–H groups in total. The maximum absolute atomic E-state index is 12.7. The van der Waals surface area contributed by atoms with Crippen LogP contribution in [-0.2, 0) is 14.3 Å². The number of carbonyl (C=O) groups is 3. The second kappa shape index (κ2) is 9.19. The van der Waals surface area contributed by atoms with E-state index in [0.29, 0.717) is 15.7 Å². The van der Waals surface area contributed by atoms with Gasteiger partial charge in [0.1, 0.15) is 5.00 Å². The molecule has 9 heteroatoms. The SMILES string of the molecule is CC(=O)Nc1sc(C)c(C)c1C(=O)OC(C)C(=O)Nc1nc(-c2ccccc2)cs1. The maximum atomic E-state index is 12.7. The third-order valence-corrected chi connectivity index (χ3v) is 6.22. The lowest BCUT2D eigenvalue weighted by molar-refractivity contribution is -0.123. The number of thiophene rings is 1. The molecule has 2 amide bonds.